The number of nitrogen functional groups attached to an aromatic ring is 1. The van der Waals surface area contributed by atoms with Crippen LogP contribution >= 0.6 is 0 Å². The number of nitrogens with two attached hydrogens (primary N) is 1. The predicted molar refractivity (Wildman–Crippen MR) is 108 cm³/mol. The van der Waals surface area contributed by atoms with E-state index < -0.39 is 6.17 Å². The van der Waals surface area contributed by atoms with Crippen molar-refractivity contribution in [2.45, 2.75) is 31.4 Å². The molecule has 1 saturated heterocycles. The average Bonchev–Trinajstić information content (AvgIpc) is 3.32. The predicted octanol–water partition coefficient (Wildman–Crippen LogP) is 2.59. The number of aromatic nitrogens is 4. The van der Waals surface area contributed by atoms with E-state index in [-0.39, 0.29) is 0 Å². The highest BCUT2D eigenvalue weighted by atomic mass is 19.1. The fourth-order valence-corrected chi connectivity index (χ4v) is 3.29. The van der Waals surface area contributed by atoms with Gasteiger partial charge >= 0.3 is 0 Å². The molecule has 1 aliphatic carbocycles. The zero-order chi connectivity index (χ0) is 20.4. The molecule has 1 unspecified atom stereocenters. The maximum atomic E-state index is 11.9. The lowest BCUT2D eigenvalue weighted by atomic mass is 10.2. The first-order valence-electron chi connectivity index (χ1n) is 9.69. The van der Waals surface area contributed by atoms with Gasteiger partial charge in [0, 0.05) is 18.5 Å². The number of hydrogen-bond acceptors (Lipinski definition) is 7. The van der Waals surface area contributed by atoms with E-state index in [9.17, 15) is 4.39 Å². The van der Waals surface area contributed by atoms with Crippen LogP contribution < -0.4 is 20.5 Å². The largest absolute Gasteiger partial charge is 0.495 e. The summed E-state index contributed by atoms with van der Waals surface area (Å²) in [6, 6.07) is 5.56. The molecule has 5 rings (SSSR count). The van der Waals surface area contributed by atoms with Crippen LogP contribution in [0, 0.1) is 0 Å². The Bertz CT molecular complexity index is 998. The Morgan fingerprint density at radius 3 is 2.52 bits per heavy atom. The molecule has 3 aromatic rings. The molecule has 3 N–H and O–H groups in total. The Morgan fingerprint density at radius 2 is 1.97 bits per heavy atom. The number of methoxy groups -OCH3 is 2. The van der Waals surface area contributed by atoms with E-state index in [0.717, 1.165) is 42.2 Å². The van der Waals surface area contributed by atoms with Gasteiger partial charge in [-0.05, 0) is 37.9 Å². The van der Waals surface area contributed by atoms with Gasteiger partial charge in [0.05, 0.1) is 26.1 Å². The van der Waals surface area contributed by atoms with Gasteiger partial charge in [-0.25, -0.2) is 18.9 Å². The molecule has 0 aromatic carbocycles. The van der Waals surface area contributed by atoms with Gasteiger partial charge in [-0.15, -0.1) is 0 Å². The molecule has 8 nitrogen and oxygen atoms in total. The second-order valence-electron chi connectivity index (χ2n) is 7.16. The minimum Gasteiger partial charge on any atom is -0.495 e. The fraction of sp³-hybridized carbons (Fsp3) is 0.450. The molecule has 1 atom stereocenters. The Kier molecular flexibility index (Phi) is 5.48. The number of halogens is 1. The van der Waals surface area contributed by atoms with Crippen molar-refractivity contribution in [2.24, 2.45) is 0 Å². The molecule has 3 aromatic heterocycles. The van der Waals surface area contributed by atoms with Crippen molar-refractivity contribution >= 4 is 11.5 Å². The summed E-state index contributed by atoms with van der Waals surface area (Å²) in [6.45, 7) is 1.43. The van der Waals surface area contributed by atoms with Gasteiger partial charge in [-0.3, -0.25) is 0 Å². The van der Waals surface area contributed by atoms with Gasteiger partial charge in [-0.1, -0.05) is 0 Å². The van der Waals surface area contributed by atoms with Gasteiger partial charge in [-0.2, -0.15) is 5.10 Å². The molecule has 4 heterocycles. The van der Waals surface area contributed by atoms with Gasteiger partial charge in [0.1, 0.15) is 23.3 Å². The summed E-state index contributed by atoms with van der Waals surface area (Å²) in [5.74, 6) is 2.16. The second kappa shape index (κ2) is 8.20. The topological polar surface area (TPSA) is 99.6 Å². The first kappa shape index (κ1) is 19.4. The maximum Gasteiger partial charge on any atom is 0.166 e. The minimum atomic E-state index is -0.565. The number of pyridine rings is 1. The Morgan fingerprint density at radius 1 is 1.17 bits per heavy atom. The highest BCUT2D eigenvalue weighted by molar-refractivity contribution is 5.64. The molecule has 1 aliphatic heterocycles. The third kappa shape index (κ3) is 4.09. The summed E-state index contributed by atoms with van der Waals surface area (Å²) in [7, 11) is 3.23. The van der Waals surface area contributed by atoms with Crippen molar-refractivity contribution in [1.82, 2.24) is 24.9 Å². The zero-order valence-corrected chi connectivity index (χ0v) is 16.6. The minimum absolute atomic E-state index is 0.343. The zero-order valence-electron chi connectivity index (χ0n) is 16.6. The number of fused-ring (bicyclic) bond motifs is 1. The van der Waals surface area contributed by atoms with E-state index in [1.165, 1.54) is 0 Å². The lowest BCUT2D eigenvalue weighted by Crippen LogP contribution is -2.08. The first-order valence-corrected chi connectivity index (χ1v) is 9.69. The molecule has 0 bridgehead atoms. The Labute approximate surface area is 168 Å². The average molecular weight is 400 g/mol. The lowest BCUT2D eigenvalue weighted by Gasteiger charge is -2.09. The summed E-state index contributed by atoms with van der Waals surface area (Å²) in [6.07, 6.45) is 4.18. The smallest absolute Gasteiger partial charge is 0.166 e. The van der Waals surface area contributed by atoms with Crippen LogP contribution in [0.4, 0.5) is 10.2 Å². The van der Waals surface area contributed by atoms with Crippen LogP contribution in [0.25, 0.3) is 17.0 Å². The standard InChI is InChI=1S/C16H17N5O2.C4H8FN/c1-22-12-6-5-10(19-16(12)17)11-8-18-14-7-13(23-2)15(9-3-4-9)20-21(11)14;5-4-1-2-6-3-4/h5-9H,3-4H2,1-2H3,(H2,17,19);4,6H,1-3H2. The maximum absolute atomic E-state index is 11.9. The van der Waals surface area contributed by atoms with Crippen molar-refractivity contribution in [2.75, 3.05) is 33.0 Å². The number of alkyl halides is 1. The third-order valence-electron chi connectivity index (χ3n) is 5.04. The highest BCUT2D eigenvalue weighted by Gasteiger charge is 2.29. The van der Waals surface area contributed by atoms with Crippen LogP contribution in [-0.4, -0.2) is 53.1 Å². The first-order chi connectivity index (χ1) is 14.1. The number of imidazole rings is 1. The Balaban J connectivity index is 0.000000294. The lowest BCUT2D eigenvalue weighted by molar-refractivity contribution is 0.361. The van der Waals surface area contributed by atoms with E-state index >= 15 is 0 Å². The number of anilines is 1. The monoisotopic (exact) mass is 400 g/mol. The SMILES string of the molecule is COc1ccc(-c2cnc3cc(OC)c(C4CC4)nn23)nc1N.FC1CCNC1. The molecule has 9 heteroatoms. The van der Waals surface area contributed by atoms with E-state index in [2.05, 4.69) is 15.3 Å². The molecule has 0 spiro atoms. The van der Waals surface area contributed by atoms with Gasteiger partial charge in [0.2, 0.25) is 0 Å². The molecule has 1 saturated carbocycles. The van der Waals surface area contributed by atoms with E-state index in [1.807, 2.05) is 12.1 Å². The summed E-state index contributed by atoms with van der Waals surface area (Å²) in [5, 5.41) is 7.63. The third-order valence-corrected chi connectivity index (χ3v) is 5.04. The molecule has 0 radical (unpaired) electrons. The number of nitrogens with zero attached hydrogens (tertiary/aromatic N) is 4. The molecule has 0 amide bonds. The summed E-state index contributed by atoms with van der Waals surface area (Å²) in [4.78, 5) is 8.80. The van der Waals surface area contributed by atoms with Crippen molar-refractivity contribution < 1.29 is 13.9 Å². The van der Waals surface area contributed by atoms with Gasteiger partial charge < -0.3 is 20.5 Å². The van der Waals surface area contributed by atoms with Crippen LogP contribution in [0.5, 0.6) is 11.5 Å². The van der Waals surface area contributed by atoms with Crippen molar-refractivity contribution in [3.8, 4) is 22.9 Å². The number of rotatable bonds is 4. The number of nitrogens with one attached hydrogen (secondary N) is 1. The van der Waals surface area contributed by atoms with Crippen LogP contribution in [0.2, 0.25) is 0 Å². The summed E-state index contributed by atoms with van der Waals surface area (Å²) in [5.41, 5.74) is 9.10. The van der Waals surface area contributed by atoms with Gasteiger partial charge in [0.15, 0.2) is 17.2 Å². The van der Waals surface area contributed by atoms with Crippen LogP contribution in [0.1, 0.15) is 30.9 Å². The number of hydrogen-bond donors (Lipinski definition) is 2. The van der Waals surface area contributed by atoms with Gasteiger partial charge in [0.25, 0.3) is 0 Å². The number of ether oxygens (including phenoxy) is 2. The highest BCUT2D eigenvalue weighted by Crippen LogP contribution is 2.43. The van der Waals surface area contributed by atoms with Crippen LogP contribution in [0.3, 0.4) is 0 Å². The van der Waals surface area contributed by atoms with Crippen molar-refractivity contribution in [3.63, 3.8) is 0 Å². The normalized spacial score (nSPS) is 18.4. The summed E-state index contributed by atoms with van der Waals surface area (Å²) < 4.78 is 24.3. The van der Waals surface area contributed by atoms with E-state index in [4.69, 9.17) is 20.3 Å². The van der Waals surface area contributed by atoms with Crippen molar-refractivity contribution in [3.05, 3.63) is 30.1 Å². The second-order valence-corrected chi connectivity index (χ2v) is 7.16. The fourth-order valence-electron chi connectivity index (χ4n) is 3.29. The van der Waals surface area contributed by atoms with Crippen LogP contribution in [0.15, 0.2) is 24.4 Å². The summed E-state index contributed by atoms with van der Waals surface area (Å²) >= 11 is 0. The molecular formula is C20H25FN6O2. The van der Waals surface area contributed by atoms with E-state index in [0.29, 0.717) is 36.1 Å². The van der Waals surface area contributed by atoms with Crippen LogP contribution in [-0.2, 0) is 0 Å². The molecule has 154 valence electrons. The van der Waals surface area contributed by atoms with E-state index in [1.54, 1.807) is 31.0 Å². The Hall–Kier alpha value is -2.94. The molecule has 2 aliphatic rings. The molecule has 29 heavy (non-hydrogen) atoms. The molecule has 2 fully saturated rings. The quantitative estimate of drug-likeness (QED) is 0.694. The molecular weight excluding hydrogens is 375 g/mol. The van der Waals surface area contributed by atoms with Crippen molar-refractivity contribution in [1.29, 1.82) is 0 Å².